The zero-order chi connectivity index (χ0) is 16.5. The fourth-order valence-electron chi connectivity index (χ4n) is 2.63. The molecule has 0 radical (unpaired) electrons. The van der Waals surface area contributed by atoms with Crippen molar-refractivity contribution in [3.05, 3.63) is 18.0 Å². The van der Waals surface area contributed by atoms with Gasteiger partial charge in [-0.25, -0.2) is 0 Å². The maximum Gasteiger partial charge on any atom is 0.193 e. The highest BCUT2D eigenvalue weighted by atomic mass is 16.5. The summed E-state index contributed by atoms with van der Waals surface area (Å²) in [7, 11) is 5.76. The molecule has 0 aromatic carbocycles. The lowest BCUT2D eigenvalue weighted by atomic mass is 10.1. The molecule has 1 fully saturated rings. The van der Waals surface area contributed by atoms with Gasteiger partial charge in [-0.3, -0.25) is 9.67 Å². The van der Waals surface area contributed by atoms with Crippen LogP contribution in [0.2, 0.25) is 0 Å². The molecule has 0 bridgehead atoms. The van der Waals surface area contributed by atoms with E-state index >= 15 is 0 Å². The van der Waals surface area contributed by atoms with Gasteiger partial charge in [0.1, 0.15) is 0 Å². The highest BCUT2D eigenvalue weighted by Crippen LogP contribution is 2.12. The summed E-state index contributed by atoms with van der Waals surface area (Å²) in [5, 5.41) is 7.56. The van der Waals surface area contributed by atoms with Crippen molar-refractivity contribution in [3.8, 4) is 0 Å². The quantitative estimate of drug-likeness (QED) is 0.437. The van der Waals surface area contributed by atoms with E-state index in [4.69, 9.17) is 9.47 Å². The highest BCUT2D eigenvalue weighted by molar-refractivity contribution is 5.79. The van der Waals surface area contributed by atoms with E-state index in [-0.39, 0.29) is 0 Å². The number of hydrogen-bond donors (Lipinski definition) is 1. The lowest BCUT2D eigenvalue weighted by Crippen LogP contribution is -2.39. The molecule has 1 aromatic heterocycles. The Morgan fingerprint density at radius 1 is 1.61 bits per heavy atom. The highest BCUT2D eigenvalue weighted by Gasteiger charge is 2.15. The van der Waals surface area contributed by atoms with Gasteiger partial charge in [0.2, 0.25) is 0 Å². The van der Waals surface area contributed by atoms with Gasteiger partial charge < -0.3 is 19.7 Å². The topological polar surface area (TPSA) is 63.9 Å². The van der Waals surface area contributed by atoms with Crippen molar-refractivity contribution >= 4 is 5.96 Å². The molecule has 2 heterocycles. The van der Waals surface area contributed by atoms with Gasteiger partial charge in [0.25, 0.3) is 0 Å². The van der Waals surface area contributed by atoms with Gasteiger partial charge in [0.15, 0.2) is 5.96 Å². The molecule has 0 saturated carbocycles. The molecule has 1 N–H and O–H groups in total. The van der Waals surface area contributed by atoms with Crippen molar-refractivity contribution in [2.75, 3.05) is 47.1 Å². The maximum atomic E-state index is 5.71. The van der Waals surface area contributed by atoms with Crippen LogP contribution in [0.1, 0.15) is 18.4 Å². The van der Waals surface area contributed by atoms with Crippen molar-refractivity contribution in [3.63, 3.8) is 0 Å². The Morgan fingerprint density at radius 2 is 2.48 bits per heavy atom. The smallest absolute Gasteiger partial charge is 0.193 e. The summed E-state index contributed by atoms with van der Waals surface area (Å²) in [6.45, 7) is 4.96. The fourth-order valence-corrected chi connectivity index (χ4v) is 2.63. The van der Waals surface area contributed by atoms with Gasteiger partial charge in [-0.2, -0.15) is 5.10 Å². The third kappa shape index (κ3) is 6.19. The molecule has 1 unspecified atom stereocenters. The average molecular weight is 323 g/mol. The zero-order valence-corrected chi connectivity index (χ0v) is 14.5. The van der Waals surface area contributed by atoms with Gasteiger partial charge in [-0.1, -0.05) is 0 Å². The van der Waals surface area contributed by atoms with E-state index in [0.717, 1.165) is 58.3 Å². The number of guanidine groups is 1. The molecular weight excluding hydrogens is 294 g/mol. The van der Waals surface area contributed by atoms with Crippen LogP contribution in [0.15, 0.2) is 17.4 Å². The summed E-state index contributed by atoms with van der Waals surface area (Å²) in [5.41, 5.74) is 1.17. The first-order valence-corrected chi connectivity index (χ1v) is 8.24. The Labute approximate surface area is 138 Å². The van der Waals surface area contributed by atoms with Crippen molar-refractivity contribution in [2.24, 2.45) is 18.0 Å². The van der Waals surface area contributed by atoms with E-state index in [2.05, 4.69) is 20.3 Å². The molecular formula is C16H29N5O2. The molecule has 23 heavy (non-hydrogen) atoms. The van der Waals surface area contributed by atoms with E-state index in [1.807, 2.05) is 31.2 Å². The van der Waals surface area contributed by atoms with E-state index in [9.17, 15) is 0 Å². The molecule has 1 saturated heterocycles. The molecule has 130 valence electrons. The predicted octanol–water partition coefficient (Wildman–Crippen LogP) is 0.870. The van der Waals surface area contributed by atoms with E-state index in [0.29, 0.717) is 5.92 Å². The lowest BCUT2D eigenvalue weighted by Gasteiger charge is -2.21. The van der Waals surface area contributed by atoms with Crippen LogP contribution in [0.4, 0.5) is 0 Å². The Kier molecular flexibility index (Phi) is 7.35. The van der Waals surface area contributed by atoms with Crippen molar-refractivity contribution in [1.29, 1.82) is 0 Å². The molecule has 0 aliphatic carbocycles. The van der Waals surface area contributed by atoms with Gasteiger partial charge in [0, 0.05) is 65.1 Å². The molecule has 1 aromatic rings. The van der Waals surface area contributed by atoms with Crippen LogP contribution >= 0.6 is 0 Å². The SMILES string of the molecule is CN=C(NCCCOCC1CCOC1)N(C)Cc1cnn(C)c1. The number of hydrogen-bond acceptors (Lipinski definition) is 4. The van der Waals surface area contributed by atoms with Gasteiger partial charge in [-0.05, 0) is 12.8 Å². The van der Waals surface area contributed by atoms with Crippen molar-refractivity contribution in [1.82, 2.24) is 20.0 Å². The molecule has 2 rings (SSSR count). The number of aliphatic imine (C=N–C) groups is 1. The second-order valence-corrected chi connectivity index (χ2v) is 6.01. The van der Waals surface area contributed by atoms with Gasteiger partial charge in [0.05, 0.1) is 19.4 Å². The Balaban J connectivity index is 1.58. The monoisotopic (exact) mass is 323 g/mol. The van der Waals surface area contributed by atoms with E-state index < -0.39 is 0 Å². The van der Waals surface area contributed by atoms with Gasteiger partial charge >= 0.3 is 0 Å². The third-order valence-corrected chi connectivity index (χ3v) is 3.88. The number of nitrogens with one attached hydrogen (secondary N) is 1. The summed E-state index contributed by atoms with van der Waals surface area (Å²) in [6.07, 6.45) is 5.99. The third-order valence-electron chi connectivity index (χ3n) is 3.88. The number of aryl methyl sites for hydroxylation is 1. The molecule has 7 heteroatoms. The molecule has 7 nitrogen and oxygen atoms in total. The largest absolute Gasteiger partial charge is 0.381 e. The summed E-state index contributed by atoms with van der Waals surface area (Å²) in [4.78, 5) is 6.41. The minimum absolute atomic E-state index is 0.585. The number of ether oxygens (including phenoxy) is 2. The number of aromatic nitrogens is 2. The zero-order valence-electron chi connectivity index (χ0n) is 14.5. The van der Waals surface area contributed by atoms with E-state index in [1.165, 1.54) is 5.56 Å². The van der Waals surface area contributed by atoms with Crippen LogP contribution in [0.5, 0.6) is 0 Å². The molecule has 1 aliphatic rings. The van der Waals surface area contributed by atoms with Crippen LogP contribution < -0.4 is 5.32 Å². The Hall–Kier alpha value is -1.60. The standard InChI is InChI=1S/C16H29N5O2/c1-17-16(20(2)10-15-9-19-21(3)11-15)18-6-4-7-22-12-14-5-8-23-13-14/h9,11,14H,4-8,10,12-13H2,1-3H3,(H,17,18). The minimum Gasteiger partial charge on any atom is -0.381 e. The molecule has 0 amide bonds. The first kappa shape index (κ1) is 17.7. The summed E-state index contributed by atoms with van der Waals surface area (Å²) >= 11 is 0. The summed E-state index contributed by atoms with van der Waals surface area (Å²) < 4.78 is 12.9. The maximum absolute atomic E-state index is 5.71. The van der Waals surface area contributed by atoms with Crippen LogP contribution in [0.3, 0.4) is 0 Å². The summed E-state index contributed by atoms with van der Waals surface area (Å²) in [5.74, 6) is 1.47. The van der Waals surface area contributed by atoms with Crippen LogP contribution in [0, 0.1) is 5.92 Å². The first-order chi connectivity index (χ1) is 11.2. The van der Waals surface area contributed by atoms with Crippen LogP contribution in [-0.4, -0.2) is 67.7 Å². The Morgan fingerprint density at radius 3 is 3.13 bits per heavy atom. The van der Waals surface area contributed by atoms with Gasteiger partial charge in [-0.15, -0.1) is 0 Å². The van der Waals surface area contributed by atoms with Crippen LogP contribution in [0.25, 0.3) is 0 Å². The second-order valence-electron chi connectivity index (χ2n) is 6.01. The average Bonchev–Trinajstić information content (AvgIpc) is 3.18. The minimum atomic E-state index is 0.585. The first-order valence-electron chi connectivity index (χ1n) is 8.24. The lowest BCUT2D eigenvalue weighted by molar-refractivity contribution is 0.0887. The second kappa shape index (κ2) is 9.52. The van der Waals surface area contributed by atoms with Crippen molar-refractivity contribution in [2.45, 2.75) is 19.4 Å². The fraction of sp³-hybridized carbons (Fsp3) is 0.750. The number of rotatable bonds is 8. The van der Waals surface area contributed by atoms with Crippen LogP contribution in [-0.2, 0) is 23.1 Å². The summed E-state index contributed by atoms with van der Waals surface area (Å²) in [6, 6.07) is 0. The van der Waals surface area contributed by atoms with Crippen molar-refractivity contribution < 1.29 is 9.47 Å². The molecule has 0 spiro atoms. The molecule has 1 atom stereocenters. The normalized spacial score (nSPS) is 18.4. The Bertz CT molecular complexity index is 483. The van der Waals surface area contributed by atoms with E-state index in [1.54, 1.807) is 7.05 Å². The number of nitrogens with zero attached hydrogens (tertiary/aromatic N) is 4. The predicted molar refractivity (Wildman–Crippen MR) is 90.4 cm³/mol. The molecule has 1 aliphatic heterocycles.